The van der Waals surface area contributed by atoms with Gasteiger partial charge in [-0.1, -0.05) is 76.6 Å². The molecule has 156 valence electrons. The number of hydrogen-bond donors (Lipinski definition) is 1. The van der Waals surface area contributed by atoms with Crippen LogP contribution in [-0.2, 0) is 6.54 Å². The molecule has 0 aliphatic rings. The molecule has 0 saturated heterocycles. The normalized spacial score (nSPS) is 12.2. The van der Waals surface area contributed by atoms with Crippen LogP contribution in [0.4, 0.5) is 0 Å². The highest BCUT2D eigenvalue weighted by molar-refractivity contribution is 9.10. The van der Waals surface area contributed by atoms with E-state index in [0.717, 1.165) is 38.4 Å². The molecule has 2 N–H and O–H groups in total. The molecule has 5 nitrogen and oxygen atoms in total. The third-order valence-corrected chi connectivity index (χ3v) is 6.11. The Morgan fingerprint density at radius 3 is 2.62 bits per heavy atom. The van der Waals surface area contributed by atoms with Crippen molar-refractivity contribution in [3.8, 4) is 0 Å². The Labute approximate surface area is 194 Å². The van der Waals surface area contributed by atoms with Crippen molar-refractivity contribution in [2.75, 3.05) is 0 Å². The lowest BCUT2D eigenvalue weighted by Gasteiger charge is -2.07. The number of amidine groups is 1. The minimum absolute atomic E-state index is 0.281. The van der Waals surface area contributed by atoms with Crippen molar-refractivity contribution in [2.24, 2.45) is 15.9 Å². The van der Waals surface area contributed by atoms with Crippen molar-refractivity contribution >= 4 is 49.8 Å². The fourth-order valence-corrected chi connectivity index (χ4v) is 4.14. The van der Waals surface area contributed by atoms with Crippen LogP contribution in [0.5, 0.6) is 0 Å². The lowest BCUT2D eigenvalue weighted by molar-refractivity contribution is 0.832. The molecule has 0 spiro atoms. The monoisotopic (exact) mass is 481 g/mol. The quantitative estimate of drug-likeness (QED) is 0.197. The Morgan fingerprint density at radius 1 is 0.938 bits per heavy atom. The second kappa shape index (κ2) is 8.77. The Bertz CT molecular complexity index is 1480. The van der Waals surface area contributed by atoms with Crippen molar-refractivity contribution in [1.29, 1.82) is 0 Å². The minimum Gasteiger partial charge on any atom is -0.380 e. The van der Waals surface area contributed by atoms with Gasteiger partial charge in [-0.25, -0.2) is 4.98 Å². The molecule has 0 aliphatic carbocycles. The van der Waals surface area contributed by atoms with Gasteiger partial charge in [-0.05, 0) is 29.8 Å². The van der Waals surface area contributed by atoms with Crippen LogP contribution in [0.1, 0.15) is 16.8 Å². The largest absolute Gasteiger partial charge is 0.380 e. The Morgan fingerprint density at radius 2 is 1.72 bits per heavy atom. The van der Waals surface area contributed by atoms with Crippen LogP contribution in [-0.4, -0.2) is 21.6 Å². The number of nitrogens with zero attached hydrogens (tertiary/aromatic N) is 4. The molecule has 0 unspecified atom stereocenters. The Balaban J connectivity index is 1.45. The zero-order valence-electron chi connectivity index (χ0n) is 17.2. The summed E-state index contributed by atoms with van der Waals surface area (Å²) in [5, 5.41) is 10.6. The number of benzene rings is 3. The maximum absolute atomic E-state index is 6.15. The molecule has 0 bridgehead atoms. The van der Waals surface area contributed by atoms with Gasteiger partial charge >= 0.3 is 0 Å². The molecule has 0 saturated carbocycles. The number of pyridine rings is 1. The van der Waals surface area contributed by atoms with E-state index in [1.54, 1.807) is 6.21 Å². The van der Waals surface area contributed by atoms with Gasteiger partial charge in [0.05, 0.1) is 11.7 Å². The SMILES string of the molecule is N/C(=N\N=C\c1cn(Cc2ccccc2Br)c2ccccc12)c1ccc2ccccc2n1. The summed E-state index contributed by atoms with van der Waals surface area (Å²) in [6, 6.07) is 28.3. The molecule has 5 rings (SSSR count). The third kappa shape index (κ3) is 4.05. The molecule has 0 aliphatic heterocycles. The first-order valence-corrected chi connectivity index (χ1v) is 11.0. The molecule has 32 heavy (non-hydrogen) atoms. The van der Waals surface area contributed by atoms with Gasteiger partial charge in [0.25, 0.3) is 0 Å². The van der Waals surface area contributed by atoms with Gasteiger partial charge in [-0.3, -0.25) is 0 Å². The molecule has 2 heterocycles. The van der Waals surface area contributed by atoms with Crippen molar-refractivity contribution < 1.29 is 0 Å². The molecule has 2 aromatic heterocycles. The predicted octanol–water partition coefficient (Wildman–Crippen LogP) is 5.74. The van der Waals surface area contributed by atoms with Crippen molar-refractivity contribution in [2.45, 2.75) is 6.54 Å². The third-order valence-electron chi connectivity index (χ3n) is 5.34. The highest BCUT2D eigenvalue weighted by atomic mass is 79.9. The van der Waals surface area contributed by atoms with Crippen LogP contribution in [0.15, 0.2) is 106 Å². The summed E-state index contributed by atoms with van der Waals surface area (Å²) < 4.78 is 3.31. The standard InChI is InChI=1S/C26H20BrN5/c27-22-10-4-1-8-19(22)16-32-17-20(21-9-3-6-12-25(21)32)15-29-31-26(28)24-14-13-18-7-2-5-11-23(18)30-24/h1-15,17H,16H2,(H2,28,31)/b29-15+. The van der Waals surface area contributed by atoms with E-state index in [9.17, 15) is 0 Å². The summed E-state index contributed by atoms with van der Waals surface area (Å²) in [5.74, 6) is 0.281. The molecule has 0 amide bonds. The van der Waals surface area contributed by atoms with E-state index in [1.807, 2.05) is 60.7 Å². The molecule has 0 atom stereocenters. The number of hydrogen-bond acceptors (Lipinski definition) is 3. The maximum atomic E-state index is 6.15. The summed E-state index contributed by atoms with van der Waals surface area (Å²) in [7, 11) is 0. The number of rotatable bonds is 5. The van der Waals surface area contributed by atoms with E-state index in [2.05, 4.69) is 66.1 Å². The summed E-state index contributed by atoms with van der Waals surface area (Å²) >= 11 is 3.64. The highest BCUT2D eigenvalue weighted by Gasteiger charge is 2.08. The molecular weight excluding hydrogens is 462 g/mol. The molecule has 5 aromatic rings. The van der Waals surface area contributed by atoms with Crippen LogP contribution in [0.3, 0.4) is 0 Å². The first-order valence-electron chi connectivity index (χ1n) is 10.2. The van der Waals surface area contributed by atoms with Gasteiger partial charge in [-0.15, -0.1) is 5.10 Å². The van der Waals surface area contributed by atoms with E-state index < -0.39 is 0 Å². The fourth-order valence-electron chi connectivity index (χ4n) is 3.73. The number of aromatic nitrogens is 2. The minimum atomic E-state index is 0.281. The zero-order chi connectivity index (χ0) is 21.9. The van der Waals surface area contributed by atoms with Gasteiger partial charge in [-0.2, -0.15) is 5.10 Å². The van der Waals surface area contributed by atoms with E-state index in [4.69, 9.17) is 5.73 Å². The number of para-hydroxylation sites is 2. The van der Waals surface area contributed by atoms with Crippen LogP contribution < -0.4 is 5.73 Å². The molecule has 0 fully saturated rings. The number of fused-ring (bicyclic) bond motifs is 2. The van der Waals surface area contributed by atoms with Crippen molar-refractivity contribution in [3.05, 3.63) is 112 Å². The summed E-state index contributed by atoms with van der Waals surface area (Å²) in [6.45, 7) is 0.752. The smallest absolute Gasteiger partial charge is 0.172 e. The highest BCUT2D eigenvalue weighted by Crippen LogP contribution is 2.24. The zero-order valence-corrected chi connectivity index (χ0v) is 18.8. The fraction of sp³-hybridized carbons (Fsp3) is 0.0385. The summed E-state index contributed by atoms with van der Waals surface area (Å²) in [6.07, 6.45) is 3.83. The van der Waals surface area contributed by atoms with Gasteiger partial charge in [0.1, 0.15) is 5.69 Å². The molecule has 6 heteroatoms. The van der Waals surface area contributed by atoms with Gasteiger partial charge in [0.15, 0.2) is 5.84 Å². The lowest BCUT2D eigenvalue weighted by Crippen LogP contribution is -2.14. The van der Waals surface area contributed by atoms with Crippen LogP contribution in [0.2, 0.25) is 0 Å². The molecule has 3 aromatic carbocycles. The van der Waals surface area contributed by atoms with Gasteiger partial charge in [0, 0.05) is 39.1 Å². The van der Waals surface area contributed by atoms with Crippen LogP contribution in [0, 0.1) is 0 Å². The summed E-state index contributed by atoms with van der Waals surface area (Å²) in [4.78, 5) is 4.57. The Hall–Kier alpha value is -3.77. The van der Waals surface area contributed by atoms with E-state index >= 15 is 0 Å². The molecular formula is C26H20BrN5. The van der Waals surface area contributed by atoms with Gasteiger partial charge < -0.3 is 10.3 Å². The van der Waals surface area contributed by atoms with E-state index in [1.165, 1.54) is 5.56 Å². The van der Waals surface area contributed by atoms with Crippen molar-refractivity contribution in [3.63, 3.8) is 0 Å². The van der Waals surface area contributed by atoms with E-state index in [-0.39, 0.29) is 5.84 Å². The van der Waals surface area contributed by atoms with Crippen LogP contribution >= 0.6 is 15.9 Å². The average Bonchev–Trinajstić information content (AvgIpc) is 3.17. The van der Waals surface area contributed by atoms with E-state index in [0.29, 0.717) is 5.69 Å². The van der Waals surface area contributed by atoms with Crippen molar-refractivity contribution in [1.82, 2.24) is 9.55 Å². The second-order valence-electron chi connectivity index (χ2n) is 7.44. The van der Waals surface area contributed by atoms with Crippen LogP contribution in [0.25, 0.3) is 21.8 Å². The number of nitrogens with two attached hydrogens (primary N) is 1. The molecule has 0 radical (unpaired) electrons. The topological polar surface area (TPSA) is 68.6 Å². The maximum Gasteiger partial charge on any atom is 0.172 e. The summed E-state index contributed by atoms with van der Waals surface area (Å²) in [5.41, 5.74) is 11.0. The second-order valence-corrected chi connectivity index (χ2v) is 8.29. The average molecular weight is 482 g/mol. The predicted molar refractivity (Wildman–Crippen MR) is 135 cm³/mol. The first-order chi connectivity index (χ1) is 15.7. The Kier molecular flexibility index (Phi) is 5.52. The van der Waals surface area contributed by atoms with Gasteiger partial charge in [0.2, 0.25) is 0 Å². The lowest BCUT2D eigenvalue weighted by atomic mass is 10.2. The first kappa shape index (κ1) is 20.2. The number of halogens is 1.